The van der Waals surface area contributed by atoms with Gasteiger partial charge in [-0.1, -0.05) is 13.8 Å². The molecule has 2 amide bonds. The second-order valence-electron chi connectivity index (χ2n) is 11.0. The molecule has 39 heavy (non-hydrogen) atoms. The summed E-state index contributed by atoms with van der Waals surface area (Å²) in [6, 6.07) is 8.26. The second-order valence-corrected chi connectivity index (χ2v) is 12.7. The summed E-state index contributed by atoms with van der Waals surface area (Å²) in [6.45, 7) is 9.39. The van der Waals surface area contributed by atoms with E-state index in [1.807, 2.05) is 13.8 Å². The molecule has 0 spiro atoms. The Hall–Kier alpha value is -3.64. The number of carboxylic acids is 1. The quantitative estimate of drug-likeness (QED) is 0.442. The predicted molar refractivity (Wildman–Crippen MR) is 145 cm³/mol. The molecule has 0 saturated carbocycles. The molecular formula is C27H33N3O8S. The lowest BCUT2D eigenvalue weighted by atomic mass is 10.1. The van der Waals surface area contributed by atoms with Crippen LogP contribution in [0.4, 0.5) is 10.5 Å². The van der Waals surface area contributed by atoms with Gasteiger partial charge in [0.2, 0.25) is 15.9 Å². The predicted octanol–water partition coefficient (Wildman–Crippen LogP) is 3.95. The van der Waals surface area contributed by atoms with Crippen LogP contribution >= 0.6 is 0 Å². The number of amides is 2. The molecule has 1 aromatic heterocycles. The topological polar surface area (TPSA) is 146 Å². The average Bonchev–Trinajstić information content (AvgIpc) is 3.19. The van der Waals surface area contributed by atoms with E-state index < -0.39 is 33.7 Å². The highest BCUT2D eigenvalue weighted by molar-refractivity contribution is 7.89. The van der Waals surface area contributed by atoms with Gasteiger partial charge in [0.25, 0.3) is 0 Å². The molecule has 210 valence electrons. The smallest absolute Gasteiger partial charge is 0.410 e. The number of fused-ring (bicyclic) bond motifs is 3. The number of carbonyl (C=O) groups is 3. The minimum atomic E-state index is -4.11. The Labute approximate surface area is 226 Å². The number of nitrogens with one attached hydrogen (secondary N) is 1. The van der Waals surface area contributed by atoms with Gasteiger partial charge in [-0.15, -0.1) is 0 Å². The summed E-state index contributed by atoms with van der Waals surface area (Å²) in [5.74, 6) is -1.53. The zero-order valence-corrected chi connectivity index (χ0v) is 23.4. The largest absolute Gasteiger partial charge is 0.480 e. The van der Waals surface area contributed by atoms with E-state index >= 15 is 0 Å². The summed E-state index contributed by atoms with van der Waals surface area (Å²) >= 11 is 0. The number of hydrogen-bond donors (Lipinski definition) is 2. The molecule has 1 atom stereocenters. The fraction of sp³-hybridized carbons (Fsp3) is 0.444. The number of furan rings is 1. The average molecular weight is 560 g/mol. The van der Waals surface area contributed by atoms with Gasteiger partial charge in [-0.3, -0.25) is 14.5 Å². The van der Waals surface area contributed by atoms with Crippen molar-refractivity contribution in [2.45, 2.75) is 57.6 Å². The van der Waals surface area contributed by atoms with E-state index in [0.717, 1.165) is 0 Å². The molecule has 4 rings (SSSR count). The Balaban J connectivity index is 1.57. The number of anilines is 1. The first kappa shape index (κ1) is 28.4. The highest BCUT2D eigenvalue weighted by Crippen LogP contribution is 2.33. The molecule has 0 radical (unpaired) electrons. The van der Waals surface area contributed by atoms with Gasteiger partial charge < -0.3 is 19.2 Å². The lowest BCUT2D eigenvalue weighted by Crippen LogP contribution is -2.53. The van der Waals surface area contributed by atoms with Crippen molar-refractivity contribution >= 4 is 55.6 Å². The molecule has 2 aromatic carbocycles. The summed E-state index contributed by atoms with van der Waals surface area (Å²) < 4.78 is 39.6. The van der Waals surface area contributed by atoms with Crippen molar-refractivity contribution in [2.75, 3.05) is 24.5 Å². The number of rotatable bonds is 7. The highest BCUT2D eigenvalue weighted by Gasteiger charge is 2.31. The van der Waals surface area contributed by atoms with Crippen LogP contribution in [0, 0.1) is 5.92 Å². The van der Waals surface area contributed by atoms with Gasteiger partial charge in [0.05, 0.1) is 4.90 Å². The lowest BCUT2D eigenvalue weighted by molar-refractivity contribution is -0.139. The second kappa shape index (κ2) is 10.5. The maximum atomic E-state index is 13.0. The number of ether oxygens (including phenoxy) is 1. The van der Waals surface area contributed by atoms with Crippen LogP contribution < -0.4 is 9.62 Å². The Morgan fingerprint density at radius 1 is 1.08 bits per heavy atom. The van der Waals surface area contributed by atoms with Gasteiger partial charge in [0, 0.05) is 35.6 Å². The Kier molecular flexibility index (Phi) is 7.63. The van der Waals surface area contributed by atoms with Gasteiger partial charge in [-0.2, -0.15) is 4.72 Å². The van der Waals surface area contributed by atoms with Crippen LogP contribution in [0.3, 0.4) is 0 Å². The van der Waals surface area contributed by atoms with E-state index in [-0.39, 0.29) is 36.2 Å². The number of nitrogens with zero attached hydrogens (tertiary/aromatic N) is 2. The molecule has 0 unspecified atom stereocenters. The Morgan fingerprint density at radius 2 is 1.79 bits per heavy atom. The molecule has 1 saturated heterocycles. The van der Waals surface area contributed by atoms with Crippen LogP contribution in [0.5, 0.6) is 0 Å². The van der Waals surface area contributed by atoms with E-state index in [4.69, 9.17) is 9.15 Å². The van der Waals surface area contributed by atoms with Gasteiger partial charge in [0.15, 0.2) is 0 Å². The number of piperazine rings is 1. The molecule has 0 aliphatic carbocycles. The standard InChI is InChI=1S/C27H33N3O8S/c1-16(2)12-21(25(32)33)28-39(35,36)18-7-9-22-20(14-18)19-8-6-17(13-23(19)37-22)30-11-10-29(15-24(30)31)26(34)38-27(3,4)5/h6-9,13-14,16,21,28H,10-12,15H2,1-5H3,(H,32,33)/t21-/m0/s1. The Morgan fingerprint density at radius 3 is 2.41 bits per heavy atom. The van der Waals surface area contributed by atoms with Crippen LogP contribution in [0.15, 0.2) is 45.7 Å². The first-order valence-electron chi connectivity index (χ1n) is 12.6. The minimum absolute atomic E-state index is 0.0181. The van der Waals surface area contributed by atoms with Crippen molar-refractivity contribution in [3.05, 3.63) is 36.4 Å². The highest BCUT2D eigenvalue weighted by atomic mass is 32.2. The van der Waals surface area contributed by atoms with Crippen LogP contribution in [0.25, 0.3) is 21.9 Å². The van der Waals surface area contributed by atoms with E-state index in [1.54, 1.807) is 43.9 Å². The summed E-state index contributed by atoms with van der Waals surface area (Å²) in [7, 11) is -4.11. The molecule has 11 nitrogen and oxygen atoms in total. The number of benzene rings is 2. The minimum Gasteiger partial charge on any atom is -0.480 e. The van der Waals surface area contributed by atoms with E-state index in [2.05, 4.69) is 4.72 Å². The van der Waals surface area contributed by atoms with E-state index in [9.17, 15) is 27.9 Å². The van der Waals surface area contributed by atoms with Crippen molar-refractivity contribution in [2.24, 2.45) is 5.92 Å². The normalized spacial score (nSPS) is 15.8. The fourth-order valence-electron chi connectivity index (χ4n) is 4.43. The van der Waals surface area contributed by atoms with Crippen molar-refractivity contribution in [1.29, 1.82) is 0 Å². The van der Waals surface area contributed by atoms with Gasteiger partial charge in [0.1, 0.15) is 29.4 Å². The maximum absolute atomic E-state index is 13.0. The molecule has 1 aliphatic heterocycles. The van der Waals surface area contributed by atoms with Crippen LogP contribution in [0.2, 0.25) is 0 Å². The van der Waals surface area contributed by atoms with Gasteiger partial charge in [-0.25, -0.2) is 13.2 Å². The lowest BCUT2D eigenvalue weighted by Gasteiger charge is -2.35. The Bertz CT molecular complexity index is 1540. The molecule has 3 aromatic rings. The van der Waals surface area contributed by atoms with Gasteiger partial charge >= 0.3 is 12.1 Å². The molecule has 1 aliphatic rings. The third-order valence-electron chi connectivity index (χ3n) is 6.22. The molecule has 2 N–H and O–H groups in total. The van der Waals surface area contributed by atoms with Crippen molar-refractivity contribution in [3.8, 4) is 0 Å². The summed E-state index contributed by atoms with van der Waals surface area (Å²) in [5.41, 5.74) is 0.822. The summed E-state index contributed by atoms with van der Waals surface area (Å²) in [5, 5.41) is 10.6. The molecule has 12 heteroatoms. The van der Waals surface area contributed by atoms with Crippen LogP contribution in [0.1, 0.15) is 41.0 Å². The van der Waals surface area contributed by atoms with Crippen molar-refractivity contribution < 1.29 is 37.1 Å². The molecule has 1 fully saturated rings. The van der Waals surface area contributed by atoms with Crippen molar-refractivity contribution in [3.63, 3.8) is 0 Å². The fourth-order valence-corrected chi connectivity index (χ4v) is 5.66. The van der Waals surface area contributed by atoms with E-state index in [1.165, 1.54) is 23.1 Å². The molecule has 2 heterocycles. The zero-order chi connectivity index (χ0) is 28.7. The van der Waals surface area contributed by atoms with Crippen molar-refractivity contribution in [1.82, 2.24) is 9.62 Å². The SMILES string of the molecule is CC(C)C[C@H](NS(=O)(=O)c1ccc2oc3cc(N4CCN(C(=O)OC(C)(C)C)CC4=O)ccc3c2c1)C(=O)O. The number of aliphatic carboxylic acids is 1. The summed E-state index contributed by atoms with van der Waals surface area (Å²) in [6.07, 6.45) is -0.388. The number of carbonyl (C=O) groups excluding carboxylic acids is 2. The molecular weight excluding hydrogens is 526 g/mol. The number of carboxylic acid groups (broad SMARTS) is 1. The first-order chi connectivity index (χ1) is 18.1. The molecule has 0 bridgehead atoms. The van der Waals surface area contributed by atoms with E-state index in [0.29, 0.717) is 34.2 Å². The first-order valence-corrected chi connectivity index (χ1v) is 14.1. The third kappa shape index (κ3) is 6.34. The zero-order valence-electron chi connectivity index (χ0n) is 22.6. The number of hydrogen-bond acceptors (Lipinski definition) is 7. The summed E-state index contributed by atoms with van der Waals surface area (Å²) in [4.78, 5) is 39.7. The third-order valence-corrected chi connectivity index (χ3v) is 7.69. The van der Waals surface area contributed by atoms with Gasteiger partial charge in [-0.05, 0) is 63.4 Å². The monoisotopic (exact) mass is 559 g/mol. The van der Waals surface area contributed by atoms with Crippen LogP contribution in [-0.4, -0.2) is 67.7 Å². The maximum Gasteiger partial charge on any atom is 0.410 e. The number of sulfonamides is 1. The van der Waals surface area contributed by atoms with Crippen LogP contribution in [-0.2, 0) is 24.3 Å².